The Balaban J connectivity index is 1.36. The molecule has 0 aromatic heterocycles. The minimum atomic E-state index is -1.79. The van der Waals surface area contributed by atoms with Gasteiger partial charge >= 0.3 is 0 Å². The average Bonchev–Trinajstić information content (AvgIpc) is 1.61. The molecular weight excluding hydrogens is 1330 g/mol. The molecule has 17 N–H and O–H groups in total. The van der Waals surface area contributed by atoms with Gasteiger partial charge in [-0.05, 0) is 114 Å². The van der Waals surface area contributed by atoms with E-state index in [1.54, 1.807) is 58.0 Å². The molecule has 5 fully saturated rings. The number of aliphatic hydroxyl groups is 2. The fourth-order valence-electron chi connectivity index (χ4n) is 13.3. The van der Waals surface area contributed by atoms with Crippen LogP contribution in [0.15, 0.2) is 35.3 Å². The maximum Gasteiger partial charge on any atom is 0.246 e. The maximum atomic E-state index is 15.1. The van der Waals surface area contributed by atoms with Gasteiger partial charge in [0.05, 0.1) is 12.7 Å². The third-order valence-electron chi connectivity index (χ3n) is 19.5. The summed E-state index contributed by atoms with van der Waals surface area (Å²) >= 11 is 8.76. The molecule has 13 amide bonds. The molecule has 1 aromatic rings. The van der Waals surface area contributed by atoms with Gasteiger partial charge in [0.2, 0.25) is 76.8 Å². The number of guanidine groups is 1. The Morgan fingerprint density at radius 1 is 0.480 bits per heavy atom. The third kappa shape index (κ3) is 21.6. The maximum absolute atomic E-state index is 15.1. The molecule has 100 heavy (non-hydrogen) atoms. The van der Waals surface area contributed by atoms with Crippen molar-refractivity contribution in [2.45, 2.75) is 222 Å². The fourth-order valence-corrected chi connectivity index (χ4v) is 13.8. The number of carbonyl (C=O) groups excluding carboxylic acids is 13. The van der Waals surface area contributed by atoms with Crippen LogP contribution in [0.3, 0.4) is 0 Å². The SMILES string of the molecule is CC[C@H](C)[C@@H]1NC(=O)[C@@H]2CCCN2C(=O)[C@@H]2CCCN2C(=O)[C@H]([C@@H](C)CC)NC(=O)[C@H](CO)NC(=O)[C@H](CCCCN)NC(=O)[C@H]([C@@H](C)O)NC(=O)[C@H](CS)NC(=O)[C@H](CCCN=C(N)N)NC(=O)[C@@H]2CCCN2C(=O)[C@H]2CCCN2C(=O)[C@H](Cc2ccccc2)NC(=O)[C@H](CS)NC1=O. The van der Waals surface area contributed by atoms with E-state index in [9.17, 15) is 67.7 Å². The number of aliphatic imine (C=N–C) groups is 1. The molecule has 34 heteroatoms. The number of nitrogens with one attached hydrogen (secondary N) is 9. The Hall–Kier alpha value is -7.82. The van der Waals surface area contributed by atoms with Gasteiger partial charge < -0.3 is 94.9 Å². The number of carbonyl (C=O) groups is 13. The minimum absolute atomic E-state index is 0.0126. The fraction of sp³-hybridized carbons (Fsp3) is 0.697. The first-order chi connectivity index (χ1) is 47.7. The Kier molecular flexibility index (Phi) is 32.0. The quantitative estimate of drug-likeness (QED) is 0.0289. The van der Waals surface area contributed by atoms with Gasteiger partial charge in [0.1, 0.15) is 78.5 Å². The Morgan fingerprint density at radius 2 is 0.870 bits per heavy atom. The molecule has 5 aliphatic rings. The lowest BCUT2D eigenvalue weighted by molar-refractivity contribution is -0.149. The van der Waals surface area contributed by atoms with Gasteiger partial charge in [-0.15, -0.1) is 0 Å². The first-order valence-electron chi connectivity index (χ1n) is 35.0. The van der Waals surface area contributed by atoms with Crippen molar-refractivity contribution in [3.8, 4) is 0 Å². The van der Waals surface area contributed by atoms with Gasteiger partial charge in [0.15, 0.2) is 5.96 Å². The van der Waals surface area contributed by atoms with Crippen LogP contribution in [0.5, 0.6) is 0 Å². The van der Waals surface area contributed by atoms with E-state index >= 15 is 4.79 Å². The van der Waals surface area contributed by atoms with Crippen molar-refractivity contribution < 1.29 is 72.5 Å². The van der Waals surface area contributed by atoms with Crippen molar-refractivity contribution in [2.75, 3.05) is 57.4 Å². The standard InChI is InChI=1S/C66H105N17O15S2/c1-6-36(3)50-60(93)76-44(34-99)56(89)73-42(32-39-18-9-8-10-19-39)62(95)82-30-16-24-48(82)63(96)80-28-14-22-46(80)58(91)71-41(21-13-27-70-66(68)69)54(87)75-45(35-100)57(90)79-52(38(5)85)61(94)72-40(20-11-12-26-67)53(86)74-43(33-84)55(88)78-51(37(4)7-2)65(98)83-31-17-25-49(83)64(97)81-29-15-23-47(81)59(92)77-50/h8-10,18-19,36-38,40-52,84-85,99-100H,6-7,11-17,20-35,67H2,1-5H3,(H,71,91)(H,72,94)(H,73,89)(H,74,86)(H,75,87)(H,76,93)(H,77,92)(H,78,88)(H,79,90)(H4,68,69,70)/t36-,37-,38+,40-,41-,42-,43-,44-,45-,46-,47-,48+,49-,50-,51-,52-/m0/s1. The Morgan fingerprint density at radius 3 is 1.37 bits per heavy atom. The van der Waals surface area contributed by atoms with Gasteiger partial charge in [-0.1, -0.05) is 70.9 Å². The zero-order valence-corrected chi connectivity index (χ0v) is 59.7. The highest BCUT2D eigenvalue weighted by Crippen LogP contribution is 2.29. The number of amides is 13. The van der Waals surface area contributed by atoms with Gasteiger partial charge in [-0.2, -0.15) is 25.3 Å². The first kappa shape index (κ1) is 81.1. The number of hydrogen-bond donors (Lipinski definition) is 16. The monoisotopic (exact) mass is 1440 g/mol. The Labute approximate surface area is 594 Å². The van der Waals surface area contributed by atoms with Crippen molar-refractivity contribution in [3.63, 3.8) is 0 Å². The number of unbranched alkanes of at least 4 members (excludes halogenated alkanes) is 1. The van der Waals surface area contributed by atoms with E-state index in [2.05, 4.69) is 78.1 Å². The normalized spacial score (nSPS) is 29.1. The molecule has 6 rings (SSSR count). The molecule has 0 radical (unpaired) electrons. The zero-order chi connectivity index (χ0) is 73.5. The number of rotatable bonds is 18. The van der Waals surface area contributed by atoms with Gasteiger partial charge in [-0.3, -0.25) is 67.3 Å². The number of hydrogen-bond acceptors (Lipinski definition) is 19. The van der Waals surface area contributed by atoms with E-state index in [0.29, 0.717) is 50.5 Å². The van der Waals surface area contributed by atoms with Crippen LogP contribution in [-0.2, 0) is 68.7 Å². The molecule has 0 aliphatic carbocycles. The van der Waals surface area contributed by atoms with E-state index in [1.807, 2.05) is 0 Å². The van der Waals surface area contributed by atoms with Crippen LogP contribution in [0.2, 0.25) is 0 Å². The lowest BCUT2D eigenvalue weighted by Crippen LogP contribution is -2.63. The third-order valence-corrected chi connectivity index (χ3v) is 20.2. The van der Waals surface area contributed by atoms with E-state index in [4.69, 9.17) is 17.2 Å². The smallest absolute Gasteiger partial charge is 0.246 e. The topological polar surface area (TPSA) is 474 Å². The second-order valence-electron chi connectivity index (χ2n) is 26.6. The predicted molar refractivity (Wildman–Crippen MR) is 375 cm³/mol. The molecular formula is C66H105N17O15S2. The molecule has 5 aliphatic heterocycles. The minimum Gasteiger partial charge on any atom is -0.394 e. The number of aliphatic hydroxyl groups excluding tert-OH is 2. The zero-order valence-electron chi connectivity index (χ0n) is 57.9. The van der Waals surface area contributed by atoms with E-state index in [1.165, 1.54) is 26.5 Å². The van der Waals surface area contributed by atoms with Gasteiger partial charge in [0.25, 0.3) is 0 Å². The molecule has 0 unspecified atom stereocenters. The second kappa shape index (κ2) is 39.4. The summed E-state index contributed by atoms with van der Waals surface area (Å²) in [5.41, 5.74) is 17.6. The van der Waals surface area contributed by atoms with Crippen LogP contribution >= 0.6 is 25.3 Å². The summed E-state index contributed by atoms with van der Waals surface area (Å²) in [4.78, 5) is 198. The van der Waals surface area contributed by atoms with Crippen molar-refractivity contribution in [1.29, 1.82) is 0 Å². The molecule has 5 heterocycles. The van der Waals surface area contributed by atoms with Gasteiger partial charge in [0, 0.05) is 50.7 Å². The largest absolute Gasteiger partial charge is 0.394 e. The van der Waals surface area contributed by atoms with Gasteiger partial charge in [-0.25, -0.2) is 0 Å². The lowest BCUT2D eigenvalue weighted by Gasteiger charge is -2.35. The molecule has 556 valence electrons. The number of nitrogens with zero attached hydrogens (tertiary/aromatic N) is 5. The first-order valence-corrected chi connectivity index (χ1v) is 36.3. The second-order valence-corrected chi connectivity index (χ2v) is 27.3. The molecule has 0 bridgehead atoms. The highest BCUT2D eigenvalue weighted by Gasteiger charge is 2.48. The predicted octanol–water partition coefficient (Wildman–Crippen LogP) is -3.92. The molecule has 1 aromatic carbocycles. The lowest BCUT2D eigenvalue weighted by atomic mass is 9.96. The van der Waals surface area contributed by atoms with Crippen molar-refractivity contribution in [2.24, 2.45) is 34.0 Å². The number of benzene rings is 1. The average molecular weight is 1440 g/mol. The van der Waals surface area contributed by atoms with E-state index < -0.39 is 186 Å². The number of thiol groups is 2. The van der Waals surface area contributed by atoms with Crippen LogP contribution < -0.4 is 65.1 Å². The molecule has 32 nitrogen and oxygen atoms in total. The van der Waals surface area contributed by atoms with Crippen molar-refractivity contribution >= 4 is 108 Å². The van der Waals surface area contributed by atoms with Crippen LogP contribution in [0.25, 0.3) is 0 Å². The van der Waals surface area contributed by atoms with E-state index in [-0.39, 0.29) is 109 Å². The van der Waals surface area contributed by atoms with Crippen molar-refractivity contribution in [3.05, 3.63) is 35.9 Å². The number of nitrogens with two attached hydrogens (primary N) is 3. The summed E-state index contributed by atoms with van der Waals surface area (Å²) in [5, 5.41) is 45.4. The molecule has 16 atom stereocenters. The summed E-state index contributed by atoms with van der Waals surface area (Å²) < 4.78 is 0. The highest BCUT2D eigenvalue weighted by atomic mass is 32.1. The van der Waals surface area contributed by atoms with Crippen LogP contribution in [0, 0.1) is 11.8 Å². The summed E-state index contributed by atoms with van der Waals surface area (Å²) in [6.07, 6.45) is 1.84. The Bertz CT molecular complexity index is 3080. The van der Waals surface area contributed by atoms with Crippen molar-refractivity contribution in [1.82, 2.24) is 67.5 Å². The summed E-state index contributed by atoms with van der Waals surface area (Å²) in [5.74, 6) is -12.3. The van der Waals surface area contributed by atoms with Crippen LogP contribution in [0.4, 0.5) is 0 Å². The van der Waals surface area contributed by atoms with Crippen LogP contribution in [-0.4, -0.2) is 255 Å². The number of fused-ring (bicyclic) bond motifs is 4. The highest BCUT2D eigenvalue weighted by molar-refractivity contribution is 7.80. The molecule has 0 saturated carbocycles. The molecule has 0 spiro atoms. The summed E-state index contributed by atoms with van der Waals surface area (Å²) in [6, 6.07) is -8.77. The van der Waals surface area contributed by atoms with Crippen LogP contribution in [0.1, 0.15) is 136 Å². The summed E-state index contributed by atoms with van der Waals surface area (Å²) in [6.45, 7) is 7.83. The molecule has 5 saturated heterocycles. The summed E-state index contributed by atoms with van der Waals surface area (Å²) in [7, 11) is 0. The van der Waals surface area contributed by atoms with E-state index in [0.717, 1.165) is 0 Å².